The predicted octanol–water partition coefficient (Wildman–Crippen LogP) is 5.62. The van der Waals surface area contributed by atoms with E-state index in [1.807, 2.05) is 43.4 Å². The van der Waals surface area contributed by atoms with Crippen LogP contribution in [0.5, 0.6) is 5.75 Å². The highest BCUT2D eigenvalue weighted by atomic mass is 16.6. The van der Waals surface area contributed by atoms with Gasteiger partial charge in [-0.15, -0.1) is 0 Å². The number of benzene rings is 2. The Labute approximate surface area is 235 Å². The summed E-state index contributed by atoms with van der Waals surface area (Å²) in [5.74, 6) is 0.397. The van der Waals surface area contributed by atoms with E-state index in [4.69, 9.17) is 9.47 Å². The van der Waals surface area contributed by atoms with Crippen molar-refractivity contribution in [3.63, 3.8) is 0 Å². The first-order valence-electron chi connectivity index (χ1n) is 13.1. The molecule has 0 saturated carbocycles. The molecule has 4 rings (SSSR count). The summed E-state index contributed by atoms with van der Waals surface area (Å²) in [6.45, 7) is 10.7. The Kier molecular flexibility index (Phi) is 8.40. The lowest BCUT2D eigenvalue weighted by Gasteiger charge is -2.29. The second-order valence-corrected chi connectivity index (χ2v) is 11.0. The van der Waals surface area contributed by atoms with Gasteiger partial charge in [0, 0.05) is 35.0 Å². The number of methoxy groups -OCH3 is 1. The number of hydrogen-bond donors (Lipinski definition) is 1. The highest BCUT2D eigenvalue weighted by molar-refractivity contribution is 6.06. The fourth-order valence-corrected chi connectivity index (χ4v) is 4.72. The molecule has 2 heterocycles. The first kappa shape index (κ1) is 28.6. The minimum absolute atomic E-state index is 0.00208. The van der Waals surface area contributed by atoms with E-state index in [2.05, 4.69) is 21.8 Å². The molecule has 1 aliphatic heterocycles. The summed E-state index contributed by atoms with van der Waals surface area (Å²) in [7, 11) is 3.54. The summed E-state index contributed by atoms with van der Waals surface area (Å²) in [5.41, 5.74) is 2.00. The van der Waals surface area contributed by atoms with Gasteiger partial charge >= 0.3 is 6.09 Å². The fourth-order valence-electron chi connectivity index (χ4n) is 4.72. The second-order valence-electron chi connectivity index (χ2n) is 11.0. The van der Waals surface area contributed by atoms with Crippen molar-refractivity contribution < 1.29 is 19.1 Å². The number of carbonyl (C=O) groups excluding carboxylic acids is 2. The Morgan fingerprint density at radius 3 is 2.62 bits per heavy atom. The highest BCUT2D eigenvalue weighted by Gasteiger charge is 2.29. The first-order chi connectivity index (χ1) is 19.0. The smallest absolute Gasteiger partial charge is 0.415 e. The quantitative estimate of drug-likeness (QED) is 0.387. The zero-order chi connectivity index (χ0) is 29.0. The number of aromatic nitrogens is 1. The van der Waals surface area contributed by atoms with Gasteiger partial charge in [-0.05, 0) is 70.4 Å². The molecule has 1 atom stereocenters. The molecule has 2 aromatic carbocycles. The van der Waals surface area contributed by atoms with Crippen molar-refractivity contribution in [2.24, 2.45) is 5.92 Å². The number of ether oxygens (including phenoxy) is 2. The average molecular weight is 542 g/mol. The second kappa shape index (κ2) is 11.8. The van der Waals surface area contributed by atoms with Crippen molar-refractivity contribution in [3.8, 4) is 23.1 Å². The minimum atomic E-state index is -0.755. The summed E-state index contributed by atoms with van der Waals surface area (Å²) in [4.78, 5) is 34.3. The third kappa shape index (κ3) is 6.58. The normalized spacial score (nSPS) is 15.3. The van der Waals surface area contributed by atoms with Crippen LogP contribution in [0.4, 0.5) is 16.2 Å². The van der Waals surface area contributed by atoms with Crippen molar-refractivity contribution >= 4 is 34.1 Å². The van der Waals surface area contributed by atoms with Crippen LogP contribution in [-0.4, -0.2) is 61.3 Å². The molecule has 1 aliphatic rings. The summed E-state index contributed by atoms with van der Waals surface area (Å²) in [5, 5.41) is 14.0. The zero-order valence-corrected chi connectivity index (χ0v) is 23.7. The van der Waals surface area contributed by atoms with Gasteiger partial charge < -0.3 is 19.7 Å². The molecule has 208 valence electrons. The number of rotatable bonds is 7. The van der Waals surface area contributed by atoms with Crippen molar-refractivity contribution in [1.82, 2.24) is 9.88 Å². The van der Waals surface area contributed by atoms with Crippen LogP contribution in [0.1, 0.15) is 27.2 Å². The van der Waals surface area contributed by atoms with Crippen LogP contribution >= 0.6 is 0 Å². The minimum Gasteiger partial charge on any atom is -0.495 e. The van der Waals surface area contributed by atoms with E-state index in [1.165, 1.54) is 12.0 Å². The predicted molar refractivity (Wildman–Crippen MR) is 156 cm³/mol. The van der Waals surface area contributed by atoms with Crippen LogP contribution in [-0.2, 0) is 9.53 Å². The van der Waals surface area contributed by atoms with E-state index < -0.39 is 11.7 Å². The van der Waals surface area contributed by atoms with Gasteiger partial charge in [-0.2, -0.15) is 5.26 Å². The molecule has 0 spiro atoms. The fraction of sp³-hybridized carbons (Fsp3) is 0.355. The zero-order valence-electron chi connectivity index (χ0n) is 23.7. The van der Waals surface area contributed by atoms with Crippen LogP contribution in [0.15, 0.2) is 60.8 Å². The molecule has 0 radical (unpaired) electrons. The van der Waals surface area contributed by atoms with Crippen molar-refractivity contribution in [3.05, 3.63) is 60.8 Å². The van der Waals surface area contributed by atoms with E-state index in [1.54, 1.807) is 39.1 Å². The Morgan fingerprint density at radius 1 is 1.23 bits per heavy atom. The Morgan fingerprint density at radius 2 is 1.98 bits per heavy atom. The maximum Gasteiger partial charge on any atom is 0.415 e. The number of hydrogen-bond acceptors (Lipinski definition) is 7. The monoisotopic (exact) mass is 541 g/mol. The van der Waals surface area contributed by atoms with Crippen LogP contribution in [0.2, 0.25) is 0 Å². The molecular formula is C31H35N5O4. The standard InChI is InChI=1S/C31H35N5O4/c1-20(17-32)18-36(30(38)40-31(2,3)4)28-25-15-22(8-7-21(25)9-10-27(28)39-6)26-16-24(11-13-33-26)34-29(37)23-12-14-35(5)19-23/h7-11,13,15-16,23H,1,12,14,18-19H2,2-6H3,(H,33,34,37). The number of carbonyl (C=O) groups is 2. The maximum absolute atomic E-state index is 13.4. The lowest BCUT2D eigenvalue weighted by molar-refractivity contribution is -0.119. The number of amides is 2. The van der Waals surface area contributed by atoms with Gasteiger partial charge in [-0.1, -0.05) is 24.8 Å². The van der Waals surface area contributed by atoms with Crippen molar-refractivity contribution in [2.45, 2.75) is 32.8 Å². The molecule has 1 fully saturated rings. The topological polar surface area (TPSA) is 108 Å². The van der Waals surface area contributed by atoms with Gasteiger partial charge in [0.2, 0.25) is 5.91 Å². The molecule has 1 unspecified atom stereocenters. The van der Waals surface area contributed by atoms with Crippen LogP contribution in [0, 0.1) is 17.2 Å². The number of anilines is 2. The molecule has 1 saturated heterocycles. The molecule has 3 aromatic rings. The summed E-state index contributed by atoms with van der Waals surface area (Å²) in [6, 6.07) is 15.1. The maximum atomic E-state index is 13.4. The Balaban J connectivity index is 1.76. The van der Waals surface area contributed by atoms with Crippen LogP contribution in [0.3, 0.4) is 0 Å². The van der Waals surface area contributed by atoms with Gasteiger partial charge in [-0.25, -0.2) is 4.79 Å². The lowest BCUT2D eigenvalue weighted by Crippen LogP contribution is -2.38. The van der Waals surface area contributed by atoms with Gasteiger partial charge in [0.15, 0.2) is 0 Å². The third-order valence-electron chi connectivity index (χ3n) is 6.65. The average Bonchev–Trinajstić information content (AvgIpc) is 3.36. The summed E-state index contributed by atoms with van der Waals surface area (Å²) >= 11 is 0. The van der Waals surface area contributed by atoms with Gasteiger partial charge in [0.25, 0.3) is 0 Å². The molecular weight excluding hydrogens is 506 g/mol. The molecule has 9 nitrogen and oxygen atoms in total. The van der Waals surface area contributed by atoms with Gasteiger partial charge in [0.1, 0.15) is 11.4 Å². The number of nitrogens with zero attached hydrogens (tertiary/aromatic N) is 4. The number of nitriles is 1. The molecule has 1 N–H and O–H groups in total. The summed E-state index contributed by atoms with van der Waals surface area (Å²) < 4.78 is 11.4. The molecule has 1 aromatic heterocycles. The van der Waals surface area contributed by atoms with Gasteiger partial charge in [-0.3, -0.25) is 14.7 Å². The van der Waals surface area contributed by atoms with E-state index in [9.17, 15) is 14.9 Å². The van der Waals surface area contributed by atoms with E-state index in [-0.39, 0.29) is 23.9 Å². The molecule has 40 heavy (non-hydrogen) atoms. The Hall–Kier alpha value is -4.42. The third-order valence-corrected chi connectivity index (χ3v) is 6.65. The van der Waals surface area contributed by atoms with E-state index >= 15 is 0 Å². The van der Waals surface area contributed by atoms with E-state index in [0.717, 1.165) is 30.5 Å². The van der Waals surface area contributed by atoms with E-state index in [0.29, 0.717) is 28.2 Å². The highest BCUT2D eigenvalue weighted by Crippen LogP contribution is 2.39. The van der Waals surface area contributed by atoms with Crippen LogP contribution in [0.25, 0.3) is 22.0 Å². The van der Waals surface area contributed by atoms with Crippen molar-refractivity contribution in [2.75, 3.05) is 44.0 Å². The SMILES string of the molecule is C=C(C#N)CN(C(=O)OC(C)(C)C)c1c(OC)ccc2ccc(-c3cc(NC(=O)C4CCN(C)C4)ccn3)cc12. The summed E-state index contributed by atoms with van der Waals surface area (Å²) in [6.07, 6.45) is 1.87. The van der Waals surface area contributed by atoms with Crippen molar-refractivity contribution in [1.29, 1.82) is 5.26 Å². The van der Waals surface area contributed by atoms with Crippen LogP contribution < -0.4 is 15.0 Å². The number of fused-ring (bicyclic) bond motifs is 1. The largest absolute Gasteiger partial charge is 0.495 e. The molecule has 0 bridgehead atoms. The lowest BCUT2D eigenvalue weighted by atomic mass is 10.0. The number of pyridine rings is 1. The Bertz CT molecular complexity index is 1490. The van der Waals surface area contributed by atoms with Gasteiger partial charge in [0.05, 0.1) is 37.0 Å². The number of likely N-dealkylation sites (tertiary alicyclic amines) is 1. The molecule has 9 heteroatoms. The molecule has 0 aliphatic carbocycles. The first-order valence-corrected chi connectivity index (χ1v) is 13.1. The molecule has 2 amide bonds. The number of nitrogens with one attached hydrogen (secondary N) is 1.